The van der Waals surface area contributed by atoms with Crippen LogP contribution < -0.4 is 10.6 Å². The van der Waals surface area contributed by atoms with Crippen LogP contribution in [0.5, 0.6) is 0 Å². The number of likely N-dealkylation sites (N-methyl/N-ethyl adjacent to an activating group) is 1. The van der Waals surface area contributed by atoms with Gasteiger partial charge in [0, 0.05) is 61.2 Å². The highest BCUT2D eigenvalue weighted by molar-refractivity contribution is 6.04. The summed E-state index contributed by atoms with van der Waals surface area (Å²) >= 11 is 0. The fourth-order valence-electron chi connectivity index (χ4n) is 4.34. The maximum Gasteiger partial charge on any atom is 0.134 e. The van der Waals surface area contributed by atoms with Crippen molar-refractivity contribution in [2.24, 2.45) is 12.0 Å². The molecule has 2 aromatic heterocycles. The highest BCUT2D eigenvalue weighted by Gasteiger charge is 2.22. The van der Waals surface area contributed by atoms with E-state index in [1.807, 2.05) is 51.7 Å². The minimum Gasteiger partial charge on any atom is -0.390 e. The van der Waals surface area contributed by atoms with Gasteiger partial charge in [-0.3, -0.25) is 9.67 Å². The van der Waals surface area contributed by atoms with E-state index >= 15 is 0 Å². The molecule has 3 aromatic rings. The lowest BCUT2D eigenvalue weighted by Crippen LogP contribution is -2.44. The van der Waals surface area contributed by atoms with Gasteiger partial charge in [-0.05, 0) is 43.7 Å². The minimum absolute atomic E-state index is 0.272. The molecule has 7 nitrogen and oxygen atoms in total. The van der Waals surface area contributed by atoms with Crippen molar-refractivity contribution >= 4 is 11.3 Å². The van der Waals surface area contributed by atoms with Gasteiger partial charge in [0.05, 0.1) is 24.1 Å². The number of aryl methyl sites for hydroxylation is 2. The van der Waals surface area contributed by atoms with Crippen molar-refractivity contribution in [3.63, 3.8) is 0 Å². The van der Waals surface area contributed by atoms with Crippen molar-refractivity contribution in [3.8, 4) is 23.5 Å². The molecule has 37 heavy (non-hydrogen) atoms. The van der Waals surface area contributed by atoms with Crippen molar-refractivity contribution in [1.82, 2.24) is 25.4 Å². The summed E-state index contributed by atoms with van der Waals surface area (Å²) in [5, 5.41) is 21.8. The molecule has 0 amide bonds. The van der Waals surface area contributed by atoms with Crippen LogP contribution in [0.3, 0.4) is 0 Å². The zero-order valence-corrected chi connectivity index (χ0v) is 21.6. The van der Waals surface area contributed by atoms with Crippen molar-refractivity contribution in [1.29, 1.82) is 0 Å². The van der Waals surface area contributed by atoms with Crippen molar-refractivity contribution in [2.45, 2.75) is 38.3 Å². The third-order valence-corrected chi connectivity index (χ3v) is 6.35. The average molecular weight is 495 g/mol. The van der Waals surface area contributed by atoms with Crippen LogP contribution in [0.4, 0.5) is 0 Å². The third-order valence-electron chi connectivity index (χ3n) is 6.35. The van der Waals surface area contributed by atoms with Gasteiger partial charge in [-0.15, -0.1) is 12.3 Å². The number of aliphatic hydroxyl groups excluding tert-OH is 1. The second-order valence-electron chi connectivity index (χ2n) is 9.22. The van der Waals surface area contributed by atoms with E-state index in [0.717, 1.165) is 39.2 Å². The number of hydrogen-bond acceptors (Lipinski definition) is 6. The maximum atomic E-state index is 10.9. The van der Waals surface area contributed by atoms with E-state index in [-0.39, 0.29) is 6.04 Å². The summed E-state index contributed by atoms with van der Waals surface area (Å²) in [5.74, 6) is 3.39. The van der Waals surface area contributed by atoms with E-state index in [9.17, 15) is 5.11 Å². The maximum absolute atomic E-state index is 10.9. The summed E-state index contributed by atoms with van der Waals surface area (Å²) in [4.78, 5) is 9.59. The number of aliphatic imine (C=N–C) groups is 1. The number of aromatic nitrogens is 3. The van der Waals surface area contributed by atoms with Crippen LogP contribution in [0.15, 0.2) is 78.0 Å². The Labute approximate surface area is 219 Å². The molecule has 1 aliphatic heterocycles. The molecule has 4 rings (SSSR count). The van der Waals surface area contributed by atoms with Gasteiger partial charge in [0.1, 0.15) is 5.82 Å². The summed E-state index contributed by atoms with van der Waals surface area (Å²) in [6, 6.07) is 12.2. The first-order valence-corrected chi connectivity index (χ1v) is 12.5. The minimum atomic E-state index is -0.635. The first kappa shape index (κ1) is 26.1. The molecule has 3 heterocycles. The number of benzene rings is 1. The van der Waals surface area contributed by atoms with Crippen LogP contribution in [-0.2, 0) is 7.05 Å². The van der Waals surface area contributed by atoms with E-state index in [4.69, 9.17) is 11.4 Å². The van der Waals surface area contributed by atoms with E-state index in [1.54, 1.807) is 4.68 Å². The van der Waals surface area contributed by atoms with Crippen LogP contribution in [0, 0.1) is 19.3 Å². The second kappa shape index (κ2) is 12.3. The van der Waals surface area contributed by atoms with E-state index in [2.05, 4.69) is 63.1 Å². The lowest BCUT2D eigenvalue weighted by atomic mass is 10.0. The molecule has 0 bridgehead atoms. The number of nitrogens with one attached hydrogen (secondary N) is 2. The number of aliphatic hydroxyl groups is 1. The summed E-state index contributed by atoms with van der Waals surface area (Å²) in [6.45, 7) is 2.43. The van der Waals surface area contributed by atoms with E-state index < -0.39 is 6.10 Å². The average Bonchev–Trinajstić information content (AvgIpc) is 3.22. The molecular formula is C30H34N6O. The van der Waals surface area contributed by atoms with Gasteiger partial charge in [0.2, 0.25) is 0 Å². The predicted molar refractivity (Wildman–Crippen MR) is 150 cm³/mol. The predicted octanol–water partition coefficient (Wildman–Crippen LogP) is 3.86. The lowest BCUT2D eigenvalue weighted by Gasteiger charge is -2.25. The quantitative estimate of drug-likeness (QED) is 0.373. The molecule has 190 valence electrons. The molecule has 0 radical (unpaired) electrons. The molecule has 0 fully saturated rings. The lowest BCUT2D eigenvalue weighted by molar-refractivity contribution is 0.128. The highest BCUT2D eigenvalue weighted by Crippen LogP contribution is 2.27. The highest BCUT2D eigenvalue weighted by atomic mass is 16.3. The molecule has 1 aromatic carbocycles. The Balaban J connectivity index is 1.76. The largest absolute Gasteiger partial charge is 0.390 e. The Morgan fingerprint density at radius 1 is 1.14 bits per heavy atom. The van der Waals surface area contributed by atoms with Crippen molar-refractivity contribution in [3.05, 3.63) is 89.8 Å². The van der Waals surface area contributed by atoms with Gasteiger partial charge in [0.25, 0.3) is 0 Å². The summed E-state index contributed by atoms with van der Waals surface area (Å²) in [5.41, 5.74) is 6.97. The number of pyridine rings is 1. The Hall–Kier alpha value is -3.99. The standard InChI is InChI=1S/C30H34N6O/c1-5-6-12-28(29(37)19-31-3)35-30-26(25-18-33-36(4)20-25)11-8-13-27(34-30)23-10-7-9-22(16-23)24-15-14-21(2)32-17-24/h1,7-11,14-18,20,28-29,31,35,37H,6,12-13,19H2,2-4H3/t28-,29+/m0/s1. The molecule has 0 aliphatic carbocycles. The molecule has 0 saturated carbocycles. The molecule has 0 saturated heterocycles. The van der Waals surface area contributed by atoms with Crippen LogP contribution in [0.2, 0.25) is 0 Å². The molecule has 7 heteroatoms. The summed E-state index contributed by atoms with van der Waals surface area (Å²) < 4.78 is 1.77. The number of rotatable bonds is 10. The molecule has 3 N–H and O–H groups in total. The van der Waals surface area contributed by atoms with E-state index in [1.165, 1.54) is 0 Å². The molecule has 2 atom stereocenters. The number of terminal acetylenes is 1. The Morgan fingerprint density at radius 3 is 2.68 bits per heavy atom. The number of nitrogens with zero attached hydrogens (tertiary/aromatic N) is 4. The van der Waals surface area contributed by atoms with Crippen LogP contribution in [0.1, 0.15) is 36.1 Å². The normalized spacial score (nSPS) is 15.1. The smallest absolute Gasteiger partial charge is 0.134 e. The Bertz CT molecular complexity index is 1340. The topological polar surface area (TPSA) is 87.4 Å². The summed E-state index contributed by atoms with van der Waals surface area (Å²) in [7, 11) is 3.72. The van der Waals surface area contributed by atoms with Crippen molar-refractivity contribution in [2.75, 3.05) is 13.6 Å². The van der Waals surface area contributed by atoms with Gasteiger partial charge in [-0.25, -0.2) is 4.99 Å². The van der Waals surface area contributed by atoms with E-state index in [0.29, 0.717) is 31.6 Å². The fourth-order valence-corrected chi connectivity index (χ4v) is 4.34. The third kappa shape index (κ3) is 6.62. The van der Waals surface area contributed by atoms with Crippen LogP contribution >= 0.6 is 0 Å². The first-order chi connectivity index (χ1) is 18.0. The molecular weight excluding hydrogens is 460 g/mol. The number of hydrogen-bond donors (Lipinski definition) is 3. The Morgan fingerprint density at radius 2 is 1.97 bits per heavy atom. The molecule has 0 spiro atoms. The monoisotopic (exact) mass is 494 g/mol. The Kier molecular flexibility index (Phi) is 8.68. The zero-order chi connectivity index (χ0) is 26.2. The van der Waals surface area contributed by atoms with Gasteiger partial charge in [-0.2, -0.15) is 5.10 Å². The van der Waals surface area contributed by atoms with Gasteiger partial charge < -0.3 is 15.7 Å². The van der Waals surface area contributed by atoms with Crippen LogP contribution in [0.25, 0.3) is 16.7 Å². The SMILES string of the molecule is C#CCC[C@H](NC1=C(c2cnn(C)c2)C=CCC(c2cccc(-c3ccc(C)nc3)c2)=N1)[C@H](O)CNC. The van der Waals surface area contributed by atoms with Gasteiger partial charge in [-0.1, -0.05) is 36.4 Å². The molecule has 0 unspecified atom stereocenters. The van der Waals surface area contributed by atoms with Gasteiger partial charge in [0.15, 0.2) is 0 Å². The number of allylic oxidation sites excluding steroid dienone is 3. The van der Waals surface area contributed by atoms with Crippen LogP contribution in [-0.4, -0.2) is 51.3 Å². The molecule has 1 aliphatic rings. The summed E-state index contributed by atoms with van der Waals surface area (Å²) in [6.07, 6.45) is 16.6. The first-order valence-electron chi connectivity index (χ1n) is 12.5. The zero-order valence-electron chi connectivity index (χ0n) is 21.6. The fraction of sp³-hybridized carbons (Fsp3) is 0.300. The second-order valence-corrected chi connectivity index (χ2v) is 9.22. The van der Waals surface area contributed by atoms with Crippen molar-refractivity contribution < 1.29 is 5.11 Å². The van der Waals surface area contributed by atoms with Gasteiger partial charge >= 0.3 is 0 Å².